The molecule has 0 aliphatic carbocycles. The monoisotopic (exact) mass is 506 g/mol. The molecule has 5 N–H and O–H groups in total. The van der Waals surface area contributed by atoms with Crippen LogP contribution in [0.4, 0.5) is 0 Å². The molecule has 4 atom stereocenters. The molecule has 0 heterocycles. The third kappa shape index (κ3) is 66.2. The van der Waals surface area contributed by atoms with E-state index < -0.39 is 48.3 Å². The van der Waals surface area contributed by atoms with Crippen molar-refractivity contribution >= 4 is 23.9 Å². The first-order valence-electron chi connectivity index (χ1n) is 7.65. The third-order valence-electron chi connectivity index (χ3n) is 1.59. The molecule has 0 amide bonds. The summed E-state index contributed by atoms with van der Waals surface area (Å²) in [5, 5.41) is 77.1. The maximum atomic E-state index is 9.34. The van der Waals surface area contributed by atoms with Crippen molar-refractivity contribution in [3.63, 3.8) is 0 Å². The van der Waals surface area contributed by atoms with Crippen LogP contribution in [-0.4, -0.2) is 80.4 Å². The second-order valence-corrected chi connectivity index (χ2v) is 4.70. The van der Waals surface area contributed by atoms with Gasteiger partial charge in [0.15, 0.2) is 0 Å². The quantitative estimate of drug-likeness (QED) is 0.232. The van der Waals surface area contributed by atoms with Gasteiger partial charge in [-0.05, 0) is 34.1 Å². The topological polar surface area (TPSA) is 262 Å². The number of aliphatic carboxylic acids is 4. The molecule has 4 unspecified atom stereocenters. The predicted molar refractivity (Wildman–Crippen MR) is 84.1 cm³/mol. The zero-order valence-corrected chi connectivity index (χ0v) is 19.2. The minimum absolute atomic E-state index is 0. The van der Waals surface area contributed by atoms with E-state index in [1.165, 1.54) is 0 Å². The van der Waals surface area contributed by atoms with Gasteiger partial charge in [0, 0.05) is 6.61 Å². The first-order chi connectivity index (χ1) is 12.5. The molecule has 0 saturated heterocycles. The van der Waals surface area contributed by atoms with Crippen molar-refractivity contribution in [2.75, 3.05) is 6.61 Å². The molecule has 0 aromatic rings. The van der Waals surface area contributed by atoms with E-state index >= 15 is 0 Å². The second kappa shape index (κ2) is 28.8. The Balaban J connectivity index is -0.0000000569. The van der Waals surface area contributed by atoms with E-state index in [2.05, 4.69) is 0 Å². The average Bonchev–Trinajstić information content (AvgIpc) is 2.56. The van der Waals surface area contributed by atoms with Crippen LogP contribution in [0.1, 0.15) is 41.0 Å². The Labute approximate surface area is 187 Å². The third-order valence-corrected chi connectivity index (χ3v) is 1.59. The number of hydrogen-bond acceptors (Lipinski definition) is 13. The molecule has 13 nitrogen and oxygen atoms in total. The molecule has 0 rings (SSSR count). The fourth-order valence-electron chi connectivity index (χ4n) is 0. The summed E-state index contributed by atoms with van der Waals surface area (Å²) < 4.78 is 0. The van der Waals surface area contributed by atoms with Gasteiger partial charge in [-0.15, -0.1) is 0 Å². The van der Waals surface area contributed by atoms with Crippen molar-refractivity contribution in [2.24, 2.45) is 0 Å². The summed E-state index contributed by atoms with van der Waals surface area (Å²) in [5.74, 6) is -5.74. The van der Waals surface area contributed by atoms with E-state index in [9.17, 15) is 39.6 Å². The van der Waals surface area contributed by atoms with Crippen molar-refractivity contribution in [3.05, 3.63) is 0 Å². The zero-order valence-electron chi connectivity index (χ0n) is 16.7. The van der Waals surface area contributed by atoms with Gasteiger partial charge in [-0.1, -0.05) is 6.92 Å². The Morgan fingerprint density at radius 2 is 0.690 bits per heavy atom. The van der Waals surface area contributed by atoms with Crippen LogP contribution in [0, 0.1) is 0 Å². The van der Waals surface area contributed by atoms with Gasteiger partial charge < -0.3 is 65.1 Å². The number of hydrogen-bond donors (Lipinski definition) is 5. The van der Waals surface area contributed by atoms with Gasteiger partial charge in [0.25, 0.3) is 0 Å². The van der Waals surface area contributed by atoms with E-state index in [4.69, 9.17) is 25.5 Å². The summed E-state index contributed by atoms with van der Waals surface area (Å²) >= 11 is 0. The first kappa shape index (κ1) is 41.8. The Morgan fingerprint density at radius 1 is 0.621 bits per heavy atom. The molecule has 0 radical (unpaired) electrons. The van der Waals surface area contributed by atoms with E-state index in [-0.39, 0.29) is 26.2 Å². The van der Waals surface area contributed by atoms with Crippen LogP contribution in [0.25, 0.3) is 0 Å². The van der Waals surface area contributed by atoms with Gasteiger partial charge in [-0.3, -0.25) is 0 Å². The second-order valence-electron chi connectivity index (χ2n) is 4.70. The van der Waals surface area contributed by atoms with Crippen LogP contribution in [0.5, 0.6) is 0 Å². The molecule has 14 heteroatoms. The summed E-state index contributed by atoms with van der Waals surface area (Å²) in [6.07, 6.45) is -4.50. The van der Waals surface area contributed by atoms with E-state index in [1.54, 1.807) is 0 Å². The summed E-state index contributed by atoms with van der Waals surface area (Å²) in [6.45, 7) is 6.79. The molecule has 29 heavy (non-hydrogen) atoms. The Bertz CT molecular complexity index is 335. The molecule has 170 valence electrons. The first-order valence-corrected chi connectivity index (χ1v) is 7.65. The van der Waals surface area contributed by atoms with Crippen molar-refractivity contribution < 1.29 is 91.3 Å². The van der Waals surface area contributed by atoms with Gasteiger partial charge in [0.1, 0.15) is 0 Å². The fourth-order valence-corrected chi connectivity index (χ4v) is 0. The summed E-state index contributed by atoms with van der Waals surface area (Å²) in [7, 11) is 0. The number of carboxylic acids is 4. The van der Waals surface area contributed by atoms with Crippen LogP contribution in [0.2, 0.25) is 0 Å². The SMILES string of the molecule is CC(O)C(=O)[O-].CC(O)C(=O)[O-].CC(O)C(=O)[O-].CC(O)C(=O)[O-].CCCO.[Zr+4]. The summed E-state index contributed by atoms with van der Waals surface area (Å²) in [6, 6.07) is 0. The van der Waals surface area contributed by atoms with E-state index in [0.29, 0.717) is 6.61 Å². The molecule has 0 bridgehead atoms. The molecule has 0 aliphatic rings. The van der Waals surface area contributed by atoms with Crippen LogP contribution in [-0.2, 0) is 45.4 Å². The number of carbonyl (C=O) groups excluding carboxylic acids is 4. The van der Waals surface area contributed by atoms with Crippen molar-refractivity contribution in [3.8, 4) is 0 Å². The number of carbonyl (C=O) groups is 4. The largest absolute Gasteiger partial charge is 4.00 e. The number of aliphatic hydroxyl groups is 5. The van der Waals surface area contributed by atoms with Gasteiger partial charge in [0.05, 0.1) is 48.3 Å². The molecule has 0 spiro atoms. The molecule has 0 saturated carbocycles. The van der Waals surface area contributed by atoms with Gasteiger partial charge >= 0.3 is 26.2 Å². The normalized spacial score (nSPS) is 12.3. The van der Waals surface area contributed by atoms with Crippen molar-refractivity contribution in [1.29, 1.82) is 0 Å². The van der Waals surface area contributed by atoms with Crippen molar-refractivity contribution in [2.45, 2.75) is 65.5 Å². The molecular formula is C15H28O13Zr. The maximum absolute atomic E-state index is 9.34. The predicted octanol–water partition coefficient (Wildman–Crippen LogP) is -7.15. The Hall–Kier alpha value is -1.44. The van der Waals surface area contributed by atoms with Gasteiger partial charge in [-0.25, -0.2) is 0 Å². The molecule has 0 aromatic heterocycles. The van der Waals surface area contributed by atoms with Crippen LogP contribution >= 0.6 is 0 Å². The maximum Gasteiger partial charge on any atom is 4.00 e. The van der Waals surface area contributed by atoms with Crippen LogP contribution in [0.15, 0.2) is 0 Å². The zero-order chi connectivity index (χ0) is 24.0. The number of aliphatic hydroxyl groups excluding tert-OH is 5. The molecule has 0 aliphatic heterocycles. The standard InChI is InChI=1S/4C3H6O3.C3H8O.Zr/c4*1-2(4)3(5)6;1-2-3-4;/h4*2,4H,1H3,(H,5,6);4H,2-3H2,1H3;/q;;;;;+4/p-4. The molecule has 0 fully saturated rings. The average molecular weight is 508 g/mol. The fraction of sp³-hybridized carbons (Fsp3) is 0.733. The minimum Gasteiger partial charge on any atom is -0.547 e. The van der Waals surface area contributed by atoms with E-state index in [1.807, 2.05) is 6.92 Å². The van der Waals surface area contributed by atoms with Gasteiger partial charge in [0.2, 0.25) is 0 Å². The van der Waals surface area contributed by atoms with Gasteiger partial charge in [-0.2, -0.15) is 0 Å². The molecular weight excluding hydrogens is 479 g/mol. The molecule has 0 aromatic carbocycles. The van der Waals surface area contributed by atoms with Crippen molar-refractivity contribution in [1.82, 2.24) is 0 Å². The van der Waals surface area contributed by atoms with Crippen LogP contribution in [0.3, 0.4) is 0 Å². The summed E-state index contributed by atoms with van der Waals surface area (Å²) in [5.41, 5.74) is 0. The Kier molecular flexibility index (Phi) is 41.5. The van der Waals surface area contributed by atoms with Crippen LogP contribution < -0.4 is 20.4 Å². The summed E-state index contributed by atoms with van der Waals surface area (Å²) in [4.78, 5) is 37.4. The number of carboxylic acid groups (broad SMARTS) is 4. The smallest absolute Gasteiger partial charge is 0.547 e. The minimum atomic E-state index is -1.44. The Morgan fingerprint density at radius 3 is 0.690 bits per heavy atom. The van der Waals surface area contributed by atoms with E-state index in [0.717, 1.165) is 34.1 Å². The number of rotatable bonds is 5.